The van der Waals surface area contributed by atoms with Crippen LogP contribution in [0.2, 0.25) is 0 Å². The van der Waals surface area contributed by atoms with E-state index in [-0.39, 0.29) is 11.3 Å². The molecule has 2 heterocycles. The van der Waals surface area contributed by atoms with Gasteiger partial charge in [-0.15, -0.1) is 0 Å². The van der Waals surface area contributed by atoms with Crippen molar-refractivity contribution in [2.24, 2.45) is 10.5 Å². The number of nitrogens with one attached hydrogen (secondary N) is 2. The number of hydrazone groups is 1. The predicted molar refractivity (Wildman–Crippen MR) is 112 cm³/mol. The minimum atomic E-state index is -0.249. The highest BCUT2D eigenvalue weighted by molar-refractivity contribution is 6.07. The SMILES string of the molecule is Cc1c(C(=O)NCc2ccco2)oc2c1/C(=N\Nc1ccccc1)CC(C)(C)C2. The Morgan fingerprint density at radius 3 is 2.66 bits per heavy atom. The topological polar surface area (TPSA) is 79.8 Å². The number of amides is 1. The third-order valence-electron chi connectivity index (χ3n) is 5.10. The monoisotopic (exact) mass is 391 g/mol. The van der Waals surface area contributed by atoms with E-state index < -0.39 is 0 Å². The van der Waals surface area contributed by atoms with Crippen LogP contribution >= 0.6 is 0 Å². The van der Waals surface area contributed by atoms with Crippen LogP contribution in [0.4, 0.5) is 5.69 Å². The maximum atomic E-state index is 12.7. The third kappa shape index (κ3) is 4.11. The van der Waals surface area contributed by atoms with Crippen molar-refractivity contribution >= 4 is 17.3 Å². The molecule has 29 heavy (non-hydrogen) atoms. The molecule has 0 atom stereocenters. The van der Waals surface area contributed by atoms with Gasteiger partial charge in [-0.2, -0.15) is 5.10 Å². The first kappa shape index (κ1) is 19.1. The molecule has 1 aliphatic rings. The molecule has 0 aliphatic heterocycles. The van der Waals surface area contributed by atoms with Crippen LogP contribution in [-0.4, -0.2) is 11.6 Å². The smallest absolute Gasteiger partial charge is 0.287 e. The lowest BCUT2D eigenvalue weighted by atomic mass is 9.75. The van der Waals surface area contributed by atoms with E-state index in [2.05, 4.69) is 29.7 Å². The van der Waals surface area contributed by atoms with Gasteiger partial charge in [0.15, 0.2) is 5.76 Å². The highest BCUT2D eigenvalue weighted by Crippen LogP contribution is 2.39. The summed E-state index contributed by atoms with van der Waals surface area (Å²) in [6, 6.07) is 13.4. The molecule has 6 heteroatoms. The minimum absolute atomic E-state index is 0.00356. The van der Waals surface area contributed by atoms with Gasteiger partial charge >= 0.3 is 0 Å². The Morgan fingerprint density at radius 1 is 1.14 bits per heavy atom. The summed E-state index contributed by atoms with van der Waals surface area (Å²) >= 11 is 0. The van der Waals surface area contributed by atoms with Gasteiger partial charge in [-0.25, -0.2) is 0 Å². The van der Waals surface area contributed by atoms with Gasteiger partial charge in [0.2, 0.25) is 0 Å². The molecule has 1 amide bonds. The van der Waals surface area contributed by atoms with Crippen LogP contribution in [0.5, 0.6) is 0 Å². The molecule has 0 saturated heterocycles. The van der Waals surface area contributed by atoms with Crippen LogP contribution in [0, 0.1) is 12.3 Å². The summed E-state index contributed by atoms with van der Waals surface area (Å²) in [6.07, 6.45) is 3.15. The van der Waals surface area contributed by atoms with Gasteiger partial charge in [-0.05, 0) is 43.0 Å². The Balaban J connectivity index is 1.62. The summed E-state index contributed by atoms with van der Waals surface area (Å²) in [5, 5.41) is 7.53. The van der Waals surface area contributed by atoms with Crippen molar-refractivity contribution in [1.82, 2.24) is 5.32 Å². The van der Waals surface area contributed by atoms with E-state index in [9.17, 15) is 4.79 Å². The molecule has 3 aromatic rings. The number of hydrogen-bond donors (Lipinski definition) is 2. The molecule has 2 N–H and O–H groups in total. The number of anilines is 1. The molecule has 0 unspecified atom stereocenters. The Labute approximate surface area is 170 Å². The van der Waals surface area contributed by atoms with Crippen molar-refractivity contribution < 1.29 is 13.6 Å². The van der Waals surface area contributed by atoms with Gasteiger partial charge in [0.1, 0.15) is 11.5 Å². The first-order valence-electron chi connectivity index (χ1n) is 9.74. The second-order valence-corrected chi connectivity index (χ2v) is 8.17. The lowest BCUT2D eigenvalue weighted by Gasteiger charge is -2.29. The molecular formula is C23H25N3O3. The van der Waals surface area contributed by atoms with E-state index in [1.54, 1.807) is 12.3 Å². The number of nitrogens with zero attached hydrogens (tertiary/aromatic N) is 1. The molecule has 0 fully saturated rings. The second kappa shape index (κ2) is 7.62. The first-order valence-corrected chi connectivity index (χ1v) is 9.74. The molecule has 0 spiro atoms. The van der Waals surface area contributed by atoms with E-state index in [1.165, 1.54) is 0 Å². The number of carbonyl (C=O) groups is 1. The number of para-hydroxylation sites is 1. The van der Waals surface area contributed by atoms with Crippen molar-refractivity contribution in [3.05, 3.63) is 77.1 Å². The van der Waals surface area contributed by atoms with E-state index >= 15 is 0 Å². The highest BCUT2D eigenvalue weighted by atomic mass is 16.4. The van der Waals surface area contributed by atoms with Crippen LogP contribution in [0.1, 0.15) is 53.5 Å². The number of carbonyl (C=O) groups excluding carboxylic acids is 1. The van der Waals surface area contributed by atoms with Crippen LogP contribution in [0.15, 0.2) is 62.7 Å². The summed E-state index contributed by atoms with van der Waals surface area (Å²) in [5.41, 5.74) is 6.72. The van der Waals surface area contributed by atoms with Crippen molar-refractivity contribution in [2.75, 3.05) is 5.43 Å². The minimum Gasteiger partial charge on any atom is -0.467 e. The molecule has 6 nitrogen and oxygen atoms in total. The van der Waals surface area contributed by atoms with Gasteiger partial charge in [0.05, 0.1) is 24.2 Å². The van der Waals surface area contributed by atoms with Gasteiger partial charge in [-0.1, -0.05) is 32.0 Å². The Hall–Kier alpha value is -3.28. The van der Waals surface area contributed by atoms with E-state index in [1.807, 2.05) is 43.3 Å². The zero-order chi connectivity index (χ0) is 20.4. The average Bonchev–Trinajstić information content (AvgIpc) is 3.32. The van der Waals surface area contributed by atoms with Crippen molar-refractivity contribution in [2.45, 2.75) is 40.2 Å². The molecule has 1 aromatic carbocycles. The average molecular weight is 391 g/mol. The summed E-state index contributed by atoms with van der Waals surface area (Å²) in [5.74, 6) is 1.60. The van der Waals surface area contributed by atoms with E-state index in [0.717, 1.165) is 41.1 Å². The summed E-state index contributed by atoms with van der Waals surface area (Å²) in [7, 11) is 0. The normalized spacial score (nSPS) is 16.4. The quantitative estimate of drug-likeness (QED) is 0.606. The van der Waals surface area contributed by atoms with Crippen LogP contribution in [-0.2, 0) is 13.0 Å². The summed E-state index contributed by atoms with van der Waals surface area (Å²) < 4.78 is 11.3. The summed E-state index contributed by atoms with van der Waals surface area (Å²) in [4.78, 5) is 12.7. The summed E-state index contributed by atoms with van der Waals surface area (Å²) in [6.45, 7) is 6.60. The van der Waals surface area contributed by atoms with Crippen LogP contribution in [0.25, 0.3) is 0 Å². The number of furan rings is 2. The Kier molecular flexibility index (Phi) is 5.01. The molecule has 1 aliphatic carbocycles. The lowest BCUT2D eigenvalue weighted by Crippen LogP contribution is -2.27. The van der Waals surface area contributed by atoms with E-state index in [4.69, 9.17) is 8.83 Å². The van der Waals surface area contributed by atoms with Crippen LogP contribution < -0.4 is 10.7 Å². The van der Waals surface area contributed by atoms with Gasteiger partial charge < -0.3 is 14.2 Å². The fourth-order valence-electron chi connectivity index (χ4n) is 3.73. The van der Waals surface area contributed by atoms with Crippen molar-refractivity contribution in [3.63, 3.8) is 0 Å². The van der Waals surface area contributed by atoms with Crippen molar-refractivity contribution in [3.8, 4) is 0 Å². The number of fused-ring (bicyclic) bond motifs is 1. The molecule has 0 bridgehead atoms. The maximum Gasteiger partial charge on any atom is 0.287 e. The molecule has 150 valence electrons. The molecular weight excluding hydrogens is 366 g/mol. The highest BCUT2D eigenvalue weighted by Gasteiger charge is 2.36. The van der Waals surface area contributed by atoms with Gasteiger partial charge in [0.25, 0.3) is 5.91 Å². The standard InChI is InChI=1S/C23H25N3O3/c1-15-20-18(26-25-16-8-5-4-6-9-16)12-23(2,3)13-19(20)29-21(15)22(27)24-14-17-10-7-11-28-17/h4-11,25H,12-14H2,1-3H3,(H,24,27)/b26-18-. The van der Waals surface area contributed by atoms with E-state index in [0.29, 0.717) is 18.1 Å². The number of hydrogen-bond acceptors (Lipinski definition) is 5. The molecule has 0 saturated carbocycles. The fraction of sp³-hybridized carbons (Fsp3) is 0.304. The maximum absolute atomic E-state index is 12.7. The third-order valence-corrected chi connectivity index (χ3v) is 5.10. The Bertz CT molecular complexity index is 1030. The predicted octanol–water partition coefficient (Wildman–Crippen LogP) is 4.90. The number of rotatable bonds is 5. The first-order chi connectivity index (χ1) is 13.9. The Morgan fingerprint density at radius 2 is 1.93 bits per heavy atom. The van der Waals surface area contributed by atoms with Gasteiger partial charge in [0, 0.05) is 17.5 Å². The van der Waals surface area contributed by atoms with Gasteiger partial charge in [-0.3, -0.25) is 10.2 Å². The molecule has 2 aromatic heterocycles. The fourth-order valence-corrected chi connectivity index (χ4v) is 3.73. The zero-order valence-corrected chi connectivity index (χ0v) is 16.9. The number of benzene rings is 1. The van der Waals surface area contributed by atoms with Crippen LogP contribution in [0.3, 0.4) is 0 Å². The lowest BCUT2D eigenvalue weighted by molar-refractivity contribution is 0.0916. The van der Waals surface area contributed by atoms with Crippen molar-refractivity contribution in [1.29, 1.82) is 0 Å². The second-order valence-electron chi connectivity index (χ2n) is 8.17. The molecule has 0 radical (unpaired) electrons. The zero-order valence-electron chi connectivity index (χ0n) is 16.9. The molecule has 4 rings (SSSR count). The largest absolute Gasteiger partial charge is 0.467 e.